The van der Waals surface area contributed by atoms with E-state index in [9.17, 15) is 4.39 Å². The van der Waals surface area contributed by atoms with Crippen LogP contribution in [0.3, 0.4) is 0 Å². The van der Waals surface area contributed by atoms with Gasteiger partial charge in [-0.05, 0) is 48.5 Å². The van der Waals surface area contributed by atoms with Crippen LogP contribution in [0.2, 0.25) is 5.02 Å². The van der Waals surface area contributed by atoms with E-state index < -0.39 is 0 Å². The van der Waals surface area contributed by atoms with Gasteiger partial charge >= 0.3 is 0 Å². The van der Waals surface area contributed by atoms with Crippen molar-refractivity contribution in [2.75, 3.05) is 6.54 Å². The first kappa shape index (κ1) is 13.8. The smallest absolute Gasteiger partial charge is 0.128 e. The van der Waals surface area contributed by atoms with Gasteiger partial charge in [-0.3, -0.25) is 0 Å². The van der Waals surface area contributed by atoms with Gasteiger partial charge in [0.25, 0.3) is 0 Å². The molecule has 4 heteroatoms. The lowest BCUT2D eigenvalue weighted by molar-refractivity contribution is 0.480. The van der Waals surface area contributed by atoms with Crippen molar-refractivity contribution in [1.29, 1.82) is 0 Å². The van der Waals surface area contributed by atoms with Gasteiger partial charge in [0.1, 0.15) is 17.3 Å². The molecule has 0 aromatic heterocycles. The van der Waals surface area contributed by atoms with Crippen LogP contribution in [0.4, 0.5) is 4.39 Å². The van der Waals surface area contributed by atoms with Crippen LogP contribution >= 0.6 is 11.6 Å². The number of ether oxygens (including phenoxy) is 1. The largest absolute Gasteiger partial charge is 0.457 e. The third-order valence-corrected chi connectivity index (χ3v) is 2.99. The molecule has 0 aliphatic carbocycles. The first-order valence-corrected chi connectivity index (χ1v) is 6.49. The highest BCUT2D eigenvalue weighted by molar-refractivity contribution is 6.31. The average Bonchev–Trinajstić information content (AvgIpc) is 2.41. The number of hydrogen-bond donors (Lipinski definition) is 1. The molecule has 2 aromatic carbocycles. The van der Waals surface area contributed by atoms with Crippen LogP contribution in [0.5, 0.6) is 11.5 Å². The fourth-order valence-corrected chi connectivity index (χ4v) is 1.87. The van der Waals surface area contributed by atoms with Crippen LogP contribution in [0.25, 0.3) is 0 Å². The molecule has 0 amide bonds. The Balaban J connectivity index is 2.09. The first-order valence-electron chi connectivity index (χ1n) is 6.11. The molecule has 0 atom stereocenters. The third-order valence-electron chi connectivity index (χ3n) is 2.64. The molecule has 2 nitrogen and oxygen atoms in total. The molecular weight excluding hydrogens is 265 g/mol. The van der Waals surface area contributed by atoms with E-state index in [2.05, 4.69) is 5.32 Å². The van der Waals surface area contributed by atoms with Gasteiger partial charge in [-0.2, -0.15) is 0 Å². The molecule has 0 unspecified atom stereocenters. The minimum absolute atomic E-state index is 0.286. The summed E-state index contributed by atoms with van der Waals surface area (Å²) in [7, 11) is 0. The summed E-state index contributed by atoms with van der Waals surface area (Å²) in [5, 5.41) is 3.87. The van der Waals surface area contributed by atoms with E-state index in [4.69, 9.17) is 16.3 Å². The lowest BCUT2D eigenvalue weighted by Crippen LogP contribution is -2.11. The molecule has 0 spiro atoms. The maximum absolute atomic E-state index is 12.8. The van der Waals surface area contributed by atoms with Gasteiger partial charge in [0.15, 0.2) is 0 Å². The van der Waals surface area contributed by atoms with Crippen LogP contribution in [0.15, 0.2) is 42.5 Å². The minimum Gasteiger partial charge on any atom is -0.457 e. The van der Waals surface area contributed by atoms with Gasteiger partial charge in [-0.15, -0.1) is 0 Å². The van der Waals surface area contributed by atoms with Crippen LogP contribution in [0.1, 0.15) is 12.5 Å². The van der Waals surface area contributed by atoms with Crippen LogP contribution < -0.4 is 10.1 Å². The quantitative estimate of drug-likeness (QED) is 0.877. The Morgan fingerprint density at radius 2 is 1.79 bits per heavy atom. The van der Waals surface area contributed by atoms with Gasteiger partial charge in [0, 0.05) is 11.6 Å². The van der Waals surface area contributed by atoms with Gasteiger partial charge in [0.05, 0.1) is 0 Å². The molecule has 0 heterocycles. The van der Waals surface area contributed by atoms with Crippen LogP contribution in [0, 0.1) is 5.82 Å². The summed E-state index contributed by atoms with van der Waals surface area (Å²) >= 11 is 6.18. The molecule has 0 saturated carbocycles. The monoisotopic (exact) mass is 279 g/mol. The molecule has 100 valence electrons. The highest BCUT2D eigenvalue weighted by Crippen LogP contribution is 2.26. The van der Waals surface area contributed by atoms with Crippen molar-refractivity contribution in [1.82, 2.24) is 5.32 Å². The van der Waals surface area contributed by atoms with Crippen molar-refractivity contribution >= 4 is 11.6 Å². The maximum Gasteiger partial charge on any atom is 0.128 e. The van der Waals surface area contributed by atoms with Crippen molar-refractivity contribution in [3.05, 3.63) is 58.9 Å². The van der Waals surface area contributed by atoms with Crippen molar-refractivity contribution in [3.8, 4) is 11.5 Å². The topological polar surface area (TPSA) is 21.3 Å². The fraction of sp³-hybridized carbons (Fsp3) is 0.200. The predicted molar refractivity (Wildman–Crippen MR) is 75.3 cm³/mol. The van der Waals surface area contributed by atoms with Crippen molar-refractivity contribution < 1.29 is 9.13 Å². The van der Waals surface area contributed by atoms with E-state index in [0.717, 1.165) is 18.7 Å². The predicted octanol–water partition coefficient (Wildman–Crippen LogP) is 4.38. The molecule has 19 heavy (non-hydrogen) atoms. The minimum atomic E-state index is -0.286. The molecule has 0 bridgehead atoms. The standard InChI is InChI=1S/C15H15ClFNO/c1-2-18-10-11-3-6-14(9-15(11)16)19-13-7-4-12(17)5-8-13/h3-9,18H,2,10H2,1H3. The summed E-state index contributed by atoms with van der Waals surface area (Å²) in [6.07, 6.45) is 0. The van der Waals surface area contributed by atoms with Gasteiger partial charge < -0.3 is 10.1 Å². The molecule has 1 N–H and O–H groups in total. The molecule has 2 aromatic rings. The van der Waals surface area contributed by atoms with E-state index in [0.29, 0.717) is 16.5 Å². The zero-order chi connectivity index (χ0) is 13.7. The summed E-state index contributed by atoms with van der Waals surface area (Å²) in [5.41, 5.74) is 1.02. The number of nitrogens with one attached hydrogen (secondary N) is 1. The van der Waals surface area contributed by atoms with Crippen LogP contribution in [-0.4, -0.2) is 6.54 Å². The Labute approximate surface area is 117 Å². The molecular formula is C15H15ClFNO. The average molecular weight is 280 g/mol. The van der Waals surface area contributed by atoms with Gasteiger partial charge in [-0.1, -0.05) is 24.6 Å². The summed E-state index contributed by atoms with van der Waals surface area (Å²) in [6.45, 7) is 3.66. The van der Waals surface area contributed by atoms with Crippen LogP contribution in [-0.2, 0) is 6.54 Å². The second-order valence-corrected chi connectivity index (χ2v) is 4.50. The lowest BCUT2D eigenvalue weighted by Gasteiger charge is -2.09. The fourth-order valence-electron chi connectivity index (χ4n) is 1.63. The second kappa shape index (κ2) is 6.55. The van der Waals surface area contributed by atoms with E-state index in [1.165, 1.54) is 12.1 Å². The number of hydrogen-bond acceptors (Lipinski definition) is 2. The zero-order valence-electron chi connectivity index (χ0n) is 10.6. The Morgan fingerprint density at radius 3 is 2.42 bits per heavy atom. The number of halogens is 2. The number of rotatable bonds is 5. The maximum atomic E-state index is 12.8. The molecule has 0 fully saturated rings. The van der Waals surface area contributed by atoms with E-state index in [1.807, 2.05) is 19.1 Å². The Hall–Kier alpha value is -1.58. The Morgan fingerprint density at radius 1 is 1.11 bits per heavy atom. The lowest BCUT2D eigenvalue weighted by atomic mass is 10.2. The Bertz CT molecular complexity index is 542. The highest BCUT2D eigenvalue weighted by atomic mass is 35.5. The summed E-state index contributed by atoms with van der Waals surface area (Å²) in [6, 6.07) is 11.4. The first-order chi connectivity index (χ1) is 9.19. The normalized spacial score (nSPS) is 10.5. The molecule has 0 saturated heterocycles. The van der Waals surface area contributed by atoms with Crippen molar-refractivity contribution in [3.63, 3.8) is 0 Å². The van der Waals surface area contributed by atoms with E-state index in [-0.39, 0.29) is 5.82 Å². The molecule has 0 aliphatic heterocycles. The van der Waals surface area contributed by atoms with E-state index >= 15 is 0 Å². The summed E-state index contributed by atoms with van der Waals surface area (Å²) in [4.78, 5) is 0. The third kappa shape index (κ3) is 3.94. The molecule has 0 radical (unpaired) electrons. The summed E-state index contributed by atoms with van der Waals surface area (Å²) < 4.78 is 18.4. The highest BCUT2D eigenvalue weighted by Gasteiger charge is 2.03. The van der Waals surface area contributed by atoms with Crippen molar-refractivity contribution in [2.45, 2.75) is 13.5 Å². The molecule has 2 rings (SSSR count). The SMILES string of the molecule is CCNCc1ccc(Oc2ccc(F)cc2)cc1Cl. The van der Waals surface area contributed by atoms with Gasteiger partial charge in [-0.25, -0.2) is 4.39 Å². The van der Waals surface area contributed by atoms with E-state index in [1.54, 1.807) is 18.2 Å². The Kier molecular flexibility index (Phi) is 4.77. The van der Waals surface area contributed by atoms with Crippen molar-refractivity contribution in [2.24, 2.45) is 0 Å². The zero-order valence-corrected chi connectivity index (χ0v) is 11.4. The second-order valence-electron chi connectivity index (χ2n) is 4.09. The van der Waals surface area contributed by atoms with Gasteiger partial charge in [0.2, 0.25) is 0 Å². The summed E-state index contributed by atoms with van der Waals surface area (Å²) in [5.74, 6) is 0.931. The number of benzene rings is 2. The molecule has 0 aliphatic rings.